The fourth-order valence-corrected chi connectivity index (χ4v) is 3.80. The van der Waals surface area contributed by atoms with Crippen LogP contribution in [0.2, 0.25) is 5.02 Å². The quantitative estimate of drug-likeness (QED) is 0.481. The molecule has 3 aromatic rings. The summed E-state index contributed by atoms with van der Waals surface area (Å²) < 4.78 is 27.5. The van der Waals surface area contributed by atoms with E-state index in [9.17, 15) is 8.42 Å². The summed E-state index contributed by atoms with van der Waals surface area (Å²) >= 11 is 11.1. The zero-order valence-electron chi connectivity index (χ0n) is 14.9. The van der Waals surface area contributed by atoms with Gasteiger partial charge in [0.25, 0.3) is 10.0 Å². The van der Waals surface area contributed by atoms with Crippen LogP contribution >= 0.6 is 23.8 Å². The van der Waals surface area contributed by atoms with Gasteiger partial charge in [-0.25, -0.2) is 8.42 Å². The molecule has 3 rings (SSSR count). The van der Waals surface area contributed by atoms with Crippen LogP contribution in [-0.2, 0) is 10.0 Å². The van der Waals surface area contributed by atoms with Crippen LogP contribution in [-0.4, -0.2) is 13.5 Å². The third-order valence-electron chi connectivity index (χ3n) is 3.83. The van der Waals surface area contributed by atoms with Gasteiger partial charge in [0, 0.05) is 22.1 Å². The molecule has 0 aliphatic heterocycles. The van der Waals surface area contributed by atoms with E-state index in [1.54, 1.807) is 36.4 Å². The number of halogens is 1. The van der Waals surface area contributed by atoms with E-state index < -0.39 is 10.0 Å². The molecule has 0 aliphatic carbocycles. The van der Waals surface area contributed by atoms with Crippen LogP contribution in [0.5, 0.6) is 0 Å². The molecule has 0 spiro atoms. The van der Waals surface area contributed by atoms with E-state index in [0.717, 1.165) is 11.3 Å². The van der Waals surface area contributed by atoms with Crippen LogP contribution in [0.1, 0.15) is 5.56 Å². The van der Waals surface area contributed by atoms with Crippen molar-refractivity contribution in [3.05, 3.63) is 83.4 Å². The van der Waals surface area contributed by atoms with E-state index in [1.165, 1.54) is 12.1 Å². The van der Waals surface area contributed by atoms with Crippen LogP contribution in [0.4, 0.5) is 17.1 Å². The van der Waals surface area contributed by atoms with Crippen molar-refractivity contribution in [1.82, 2.24) is 0 Å². The highest BCUT2D eigenvalue weighted by Crippen LogP contribution is 2.20. The molecule has 3 N–H and O–H groups in total. The Morgan fingerprint density at radius 3 is 1.79 bits per heavy atom. The van der Waals surface area contributed by atoms with Crippen LogP contribution in [0.15, 0.2) is 77.7 Å². The minimum atomic E-state index is -3.69. The van der Waals surface area contributed by atoms with Crippen molar-refractivity contribution >= 4 is 56.0 Å². The maximum Gasteiger partial charge on any atom is 0.261 e. The summed E-state index contributed by atoms with van der Waals surface area (Å²) in [6.07, 6.45) is 0. The third kappa shape index (κ3) is 5.45. The molecule has 0 saturated heterocycles. The van der Waals surface area contributed by atoms with E-state index >= 15 is 0 Å². The predicted octanol–water partition coefficient (Wildman–Crippen LogP) is 5.26. The second kappa shape index (κ2) is 8.60. The lowest BCUT2D eigenvalue weighted by atomic mass is 10.2. The number of nitrogens with one attached hydrogen (secondary N) is 3. The van der Waals surface area contributed by atoms with Gasteiger partial charge in [-0.2, -0.15) is 0 Å². The predicted molar refractivity (Wildman–Crippen MR) is 120 cm³/mol. The number of aryl methyl sites for hydroxylation is 1. The molecule has 0 amide bonds. The molecular formula is C20H18ClN3O2S2. The Hall–Kier alpha value is -2.61. The van der Waals surface area contributed by atoms with Crippen molar-refractivity contribution in [3.8, 4) is 0 Å². The van der Waals surface area contributed by atoms with Gasteiger partial charge in [0.15, 0.2) is 5.11 Å². The average molecular weight is 432 g/mol. The summed E-state index contributed by atoms with van der Waals surface area (Å²) in [6.45, 7) is 2.01. The molecule has 0 aromatic heterocycles. The number of benzene rings is 3. The first-order valence-corrected chi connectivity index (χ1v) is 10.6. The number of hydrogen-bond donors (Lipinski definition) is 3. The Kier molecular flexibility index (Phi) is 6.18. The molecule has 0 fully saturated rings. The second-order valence-corrected chi connectivity index (χ2v) is 8.61. The fourth-order valence-electron chi connectivity index (χ4n) is 2.38. The van der Waals surface area contributed by atoms with Crippen LogP contribution in [0.25, 0.3) is 0 Å². The number of hydrogen-bond acceptors (Lipinski definition) is 3. The smallest absolute Gasteiger partial charge is 0.261 e. The highest BCUT2D eigenvalue weighted by atomic mass is 35.5. The maximum atomic E-state index is 12.5. The van der Waals surface area contributed by atoms with Crippen molar-refractivity contribution < 1.29 is 8.42 Å². The van der Waals surface area contributed by atoms with Gasteiger partial charge in [-0.3, -0.25) is 4.72 Å². The molecule has 8 heteroatoms. The molecule has 144 valence electrons. The van der Waals surface area contributed by atoms with E-state index in [4.69, 9.17) is 23.8 Å². The summed E-state index contributed by atoms with van der Waals surface area (Å²) in [5, 5.41) is 7.06. The van der Waals surface area contributed by atoms with Gasteiger partial charge < -0.3 is 10.6 Å². The number of anilines is 3. The molecule has 0 radical (unpaired) electrons. The van der Waals surface area contributed by atoms with Gasteiger partial charge in [-0.05, 0) is 79.8 Å². The molecule has 3 aromatic carbocycles. The SMILES string of the molecule is Cc1ccc(NC(=S)Nc2ccc(S(=O)(=O)Nc3ccc(Cl)cc3)cc2)cc1. The van der Waals surface area contributed by atoms with E-state index in [-0.39, 0.29) is 4.90 Å². The van der Waals surface area contributed by atoms with Crippen molar-refractivity contribution in [2.24, 2.45) is 0 Å². The van der Waals surface area contributed by atoms with Crippen LogP contribution < -0.4 is 15.4 Å². The Morgan fingerprint density at radius 2 is 1.25 bits per heavy atom. The van der Waals surface area contributed by atoms with Gasteiger partial charge in [0.1, 0.15) is 0 Å². The second-order valence-electron chi connectivity index (χ2n) is 6.08. The molecule has 0 unspecified atom stereocenters. The van der Waals surface area contributed by atoms with Crippen molar-refractivity contribution in [2.45, 2.75) is 11.8 Å². The average Bonchev–Trinajstić information content (AvgIpc) is 2.66. The molecule has 0 atom stereocenters. The molecule has 0 aliphatic rings. The Morgan fingerprint density at radius 1 is 0.786 bits per heavy atom. The molecule has 0 bridgehead atoms. The summed E-state index contributed by atoms with van der Waals surface area (Å²) in [5.74, 6) is 0. The van der Waals surface area contributed by atoms with Crippen LogP contribution in [0, 0.1) is 6.92 Å². The zero-order chi connectivity index (χ0) is 20.1. The summed E-state index contributed by atoms with van der Waals surface area (Å²) in [7, 11) is -3.69. The number of rotatable bonds is 5. The van der Waals surface area contributed by atoms with Gasteiger partial charge in [-0.1, -0.05) is 29.3 Å². The third-order valence-corrected chi connectivity index (χ3v) is 5.68. The van der Waals surface area contributed by atoms with Gasteiger partial charge in [-0.15, -0.1) is 0 Å². The maximum absolute atomic E-state index is 12.5. The monoisotopic (exact) mass is 431 g/mol. The molecule has 0 saturated carbocycles. The van der Waals surface area contributed by atoms with Crippen molar-refractivity contribution in [1.29, 1.82) is 0 Å². The largest absolute Gasteiger partial charge is 0.332 e. The lowest BCUT2D eigenvalue weighted by Gasteiger charge is -2.12. The van der Waals surface area contributed by atoms with Crippen molar-refractivity contribution in [2.75, 3.05) is 15.4 Å². The summed E-state index contributed by atoms with van der Waals surface area (Å²) in [5.41, 5.74) is 3.15. The number of sulfonamides is 1. The van der Waals surface area contributed by atoms with E-state index in [0.29, 0.717) is 21.5 Å². The minimum Gasteiger partial charge on any atom is -0.332 e. The Labute approximate surface area is 174 Å². The first-order valence-electron chi connectivity index (χ1n) is 8.35. The summed E-state index contributed by atoms with van der Waals surface area (Å²) in [4.78, 5) is 0.144. The van der Waals surface area contributed by atoms with Crippen LogP contribution in [0.3, 0.4) is 0 Å². The highest BCUT2D eigenvalue weighted by molar-refractivity contribution is 7.92. The van der Waals surface area contributed by atoms with Crippen molar-refractivity contribution in [3.63, 3.8) is 0 Å². The van der Waals surface area contributed by atoms with E-state index in [1.807, 2.05) is 31.2 Å². The molecule has 0 heterocycles. The molecule has 28 heavy (non-hydrogen) atoms. The van der Waals surface area contributed by atoms with Gasteiger partial charge in [0.05, 0.1) is 4.90 Å². The minimum absolute atomic E-state index is 0.144. The summed E-state index contributed by atoms with van der Waals surface area (Å²) in [6, 6.07) is 20.6. The Bertz CT molecular complexity index is 1070. The molecular weight excluding hydrogens is 414 g/mol. The normalized spacial score (nSPS) is 10.9. The Balaban J connectivity index is 1.64. The van der Waals surface area contributed by atoms with Gasteiger partial charge in [0.2, 0.25) is 0 Å². The first-order chi connectivity index (χ1) is 13.3. The molecule has 5 nitrogen and oxygen atoms in total. The van der Waals surface area contributed by atoms with E-state index in [2.05, 4.69) is 15.4 Å². The lowest BCUT2D eigenvalue weighted by Crippen LogP contribution is -2.19. The van der Waals surface area contributed by atoms with Gasteiger partial charge >= 0.3 is 0 Å². The fraction of sp³-hybridized carbons (Fsp3) is 0.0500. The highest BCUT2D eigenvalue weighted by Gasteiger charge is 2.14. The lowest BCUT2D eigenvalue weighted by molar-refractivity contribution is 0.601. The first kappa shape index (κ1) is 20.1. The topological polar surface area (TPSA) is 70.2 Å². The standard InChI is InChI=1S/C20H18ClN3O2S2/c1-14-2-6-16(7-3-14)22-20(27)23-17-10-12-19(13-11-17)28(25,26)24-18-8-4-15(21)5-9-18/h2-13,24H,1H3,(H2,22,23,27). The zero-order valence-corrected chi connectivity index (χ0v) is 17.3. The number of thiocarbonyl (C=S) groups is 1.